The van der Waals surface area contributed by atoms with Crippen LogP contribution < -0.4 is 4.74 Å². The van der Waals surface area contributed by atoms with Crippen LogP contribution in [0.5, 0.6) is 5.75 Å². The SMILES string of the molecule is CC(C)c1nnc2n1CCN(CC(O)COc1ccc(C#N)cc1)C2. The third kappa shape index (κ3) is 4.16. The molecule has 2 aromatic rings. The molecule has 3 rings (SSSR count). The Morgan fingerprint density at radius 3 is 2.68 bits per heavy atom. The monoisotopic (exact) mass is 341 g/mol. The zero-order valence-corrected chi connectivity index (χ0v) is 14.6. The van der Waals surface area contributed by atoms with Gasteiger partial charge in [-0.05, 0) is 24.3 Å². The van der Waals surface area contributed by atoms with E-state index in [1.54, 1.807) is 24.3 Å². The van der Waals surface area contributed by atoms with Crippen LogP contribution in [-0.2, 0) is 13.1 Å². The van der Waals surface area contributed by atoms with Gasteiger partial charge >= 0.3 is 0 Å². The fourth-order valence-electron chi connectivity index (χ4n) is 2.98. The first kappa shape index (κ1) is 17.4. The quantitative estimate of drug-likeness (QED) is 0.857. The molecule has 2 heterocycles. The Balaban J connectivity index is 1.50. The fourth-order valence-corrected chi connectivity index (χ4v) is 2.98. The topological polar surface area (TPSA) is 87.2 Å². The molecule has 0 bridgehead atoms. The van der Waals surface area contributed by atoms with Crippen molar-refractivity contribution >= 4 is 0 Å². The summed E-state index contributed by atoms with van der Waals surface area (Å²) in [5.41, 5.74) is 0.589. The number of nitriles is 1. The van der Waals surface area contributed by atoms with Gasteiger partial charge in [0.05, 0.1) is 18.2 Å². The van der Waals surface area contributed by atoms with Crippen molar-refractivity contribution in [2.24, 2.45) is 0 Å². The van der Waals surface area contributed by atoms with E-state index in [1.165, 1.54) is 0 Å². The molecule has 132 valence electrons. The number of aromatic nitrogens is 3. The summed E-state index contributed by atoms with van der Waals surface area (Å²) in [4.78, 5) is 2.17. The molecule has 0 radical (unpaired) electrons. The Hall–Kier alpha value is -2.43. The second-order valence-corrected chi connectivity index (χ2v) is 6.62. The summed E-state index contributed by atoms with van der Waals surface area (Å²) in [6, 6.07) is 8.94. The molecule has 1 atom stereocenters. The van der Waals surface area contributed by atoms with Crippen LogP contribution in [-0.4, -0.2) is 50.6 Å². The predicted molar refractivity (Wildman–Crippen MR) is 92.0 cm³/mol. The highest BCUT2D eigenvalue weighted by Crippen LogP contribution is 2.18. The molecule has 7 nitrogen and oxygen atoms in total. The molecule has 0 amide bonds. The van der Waals surface area contributed by atoms with Crippen molar-refractivity contribution < 1.29 is 9.84 Å². The smallest absolute Gasteiger partial charge is 0.147 e. The van der Waals surface area contributed by atoms with Gasteiger partial charge in [0.15, 0.2) is 0 Å². The molecule has 7 heteroatoms. The van der Waals surface area contributed by atoms with Crippen LogP contribution in [0.3, 0.4) is 0 Å². The Morgan fingerprint density at radius 2 is 2.00 bits per heavy atom. The molecule has 0 saturated carbocycles. The zero-order chi connectivity index (χ0) is 17.8. The van der Waals surface area contributed by atoms with Crippen LogP contribution in [0.25, 0.3) is 0 Å². The van der Waals surface area contributed by atoms with Crippen LogP contribution in [0.15, 0.2) is 24.3 Å². The number of nitrogens with zero attached hydrogens (tertiary/aromatic N) is 5. The third-order valence-corrected chi connectivity index (χ3v) is 4.27. The first-order chi connectivity index (χ1) is 12.1. The standard InChI is InChI=1S/C18H23N5O2/c1-13(2)18-21-20-17-11-22(7-8-23(17)18)10-15(24)12-25-16-5-3-14(9-19)4-6-16/h3-6,13,15,24H,7-8,10-12H2,1-2H3. The van der Waals surface area contributed by atoms with Crippen LogP contribution >= 0.6 is 0 Å². The van der Waals surface area contributed by atoms with E-state index in [9.17, 15) is 5.11 Å². The highest BCUT2D eigenvalue weighted by Gasteiger charge is 2.23. The van der Waals surface area contributed by atoms with Gasteiger partial charge < -0.3 is 14.4 Å². The summed E-state index contributed by atoms with van der Waals surface area (Å²) in [7, 11) is 0. The van der Waals surface area contributed by atoms with Crippen LogP contribution in [0, 0.1) is 11.3 Å². The molecule has 1 aliphatic rings. The zero-order valence-electron chi connectivity index (χ0n) is 14.6. The average Bonchev–Trinajstić information content (AvgIpc) is 3.04. The molecule has 1 aromatic heterocycles. The summed E-state index contributed by atoms with van der Waals surface area (Å²) >= 11 is 0. The second kappa shape index (κ2) is 7.64. The molecule has 1 aromatic carbocycles. The van der Waals surface area contributed by atoms with Gasteiger partial charge in [0.25, 0.3) is 0 Å². The van der Waals surface area contributed by atoms with Crippen LogP contribution in [0.2, 0.25) is 0 Å². The maximum absolute atomic E-state index is 10.2. The molecular formula is C18H23N5O2. The van der Waals surface area contributed by atoms with Gasteiger partial charge in [0, 0.05) is 25.6 Å². The number of ether oxygens (including phenoxy) is 1. The summed E-state index contributed by atoms with van der Waals surface area (Å²) in [6.45, 7) is 7.37. The van der Waals surface area contributed by atoms with Crippen LogP contribution in [0.1, 0.15) is 37.0 Å². The molecule has 1 unspecified atom stereocenters. The second-order valence-electron chi connectivity index (χ2n) is 6.62. The molecule has 25 heavy (non-hydrogen) atoms. The minimum atomic E-state index is -0.588. The fraction of sp³-hybridized carbons (Fsp3) is 0.500. The molecular weight excluding hydrogens is 318 g/mol. The van der Waals surface area contributed by atoms with E-state index >= 15 is 0 Å². The minimum absolute atomic E-state index is 0.215. The summed E-state index contributed by atoms with van der Waals surface area (Å²) < 4.78 is 7.78. The number of β-amino-alcohol motifs (C(OH)–C–C–N with tert-alkyl or cyclic N) is 1. The van der Waals surface area contributed by atoms with Crippen molar-refractivity contribution in [3.63, 3.8) is 0 Å². The van der Waals surface area contributed by atoms with E-state index in [1.807, 2.05) is 0 Å². The van der Waals surface area contributed by atoms with Crippen molar-refractivity contribution in [3.8, 4) is 11.8 Å². The number of rotatable bonds is 6. The molecule has 0 spiro atoms. The lowest BCUT2D eigenvalue weighted by atomic mass is 10.2. The summed E-state index contributed by atoms with van der Waals surface area (Å²) in [6.07, 6.45) is -0.588. The Bertz CT molecular complexity index is 748. The van der Waals surface area contributed by atoms with Crippen molar-refractivity contribution in [2.75, 3.05) is 19.7 Å². The van der Waals surface area contributed by atoms with Gasteiger partial charge in [0.2, 0.25) is 0 Å². The number of fused-ring (bicyclic) bond motifs is 1. The maximum atomic E-state index is 10.2. The van der Waals surface area contributed by atoms with Crippen molar-refractivity contribution in [1.82, 2.24) is 19.7 Å². The van der Waals surface area contributed by atoms with Gasteiger partial charge in [0.1, 0.15) is 30.1 Å². The number of benzene rings is 1. The number of aliphatic hydroxyl groups excluding tert-OH is 1. The highest BCUT2D eigenvalue weighted by atomic mass is 16.5. The lowest BCUT2D eigenvalue weighted by Gasteiger charge is -2.29. The van der Waals surface area contributed by atoms with Gasteiger partial charge in [-0.15, -0.1) is 10.2 Å². The summed E-state index contributed by atoms with van der Waals surface area (Å²) in [5, 5.41) is 27.6. The molecule has 0 fully saturated rings. The Kier molecular flexibility index (Phi) is 5.31. The predicted octanol–water partition coefficient (Wildman–Crippen LogP) is 1.53. The van der Waals surface area contributed by atoms with Gasteiger partial charge in [-0.1, -0.05) is 13.8 Å². The maximum Gasteiger partial charge on any atom is 0.147 e. The third-order valence-electron chi connectivity index (χ3n) is 4.27. The molecule has 0 aliphatic carbocycles. The van der Waals surface area contributed by atoms with Gasteiger partial charge in [-0.25, -0.2) is 0 Å². The number of hydrogen-bond acceptors (Lipinski definition) is 6. The number of hydrogen-bond donors (Lipinski definition) is 1. The van der Waals surface area contributed by atoms with E-state index in [4.69, 9.17) is 10.00 Å². The molecule has 1 aliphatic heterocycles. The van der Waals surface area contributed by atoms with Crippen molar-refractivity contribution in [1.29, 1.82) is 5.26 Å². The van der Waals surface area contributed by atoms with Gasteiger partial charge in [-0.2, -0.15) is 5.26 Å². The molecule has 0 saturated heterocycles. The Morgan fingerprint density at radius 1 is 1.24 bits per heavy atom. The van der Waals surface area contributed by atoms with E-state index in [0.29, 0.717) is 30.3 Å². The van der Waals surface area contributed by atoms with E-state index < -0.39 is 6.10 Å². The first-order valence-electron chi connectivity index (χ1n) is 8.52. The van der Waals surface area contributed by atoms with Crippen molar-refractivity contribution in [2.45, 2.75) is 39.0 Å². The Labute approximate surface area is 147 Å². The lowest BCUT2D eigenvalue weighted by molar-refractivity contribution is 0.0581. The lowest BCUT2D eigenvalue weighted by Crippen LogP contribution is -2.40. The minimum Gasteiger partial charge on any atom is -0.491 e. The van der Waals surface area contributed by atoms with Gasteiger partial charge in [-0.3, -0.25) is 4.90 Å². The van der Waals surface area contributed by atoms with Crippen LogP contribution in [0.4, 0.5) is 0 Å². The van der Waals surface area contributed by atoms with E-state index in [2.05, 4.69) is 39.6 Å². The largest absolute Gasteiger partial charge is 0.491 e. The average molecular weight is 341 g/mol. The molecule has 1 N–H and O–H groups in total. The highest BCUT2D eigenvalue weighted by molar-refractivity contribution is 5.34. The normalized spacial score (nSPS) is 15.6. The van der Waals surface area contributed by atoms with Crippen molar-refractivity contribution in [3.05, 3.63) is 41.5 Å². The van der Waals surface area contributed by atoms with E-state index in [-0.39, 0.29) is 6.61 Å². The van der Waals surface area contributed by atoms with E-state index in [0.717, 1.165) is 24.7 Å². The first-order valence-corrected chi connectivity index (χ1v) is 8.52. The number of aliphatic hydroxyl groups is 1. The summed E-state index contributed by atoms with van der Waals surface area (Å²) in [5.74, 6) is 2.99.